The van der Waals surface area contributed by atoms with Crippen LogP contribution in [0.25, 0.3) is 0 Å². The molecule has 3 aromatic rings. The summed E-state index contributed by atoms with van der Waals surface area (Å²) in [6.45, 7) is 0.596. The van der Waals surface area contributed by atoms with E-state index in [2.05, 4.69) is 12.1 Å². The molecule has 3 nitrogen and oxygen atoms in total. The Kier molecular flexibility index (Phi) is 5.68. The molecule has 1 heterocycles. The number of para-hydroxylation sites is 1. The zero-order valence-electron chi connectivity index (χ0n) is 15.6. The molecule has 1 saturated heterocycles. The molecule has 3 aromatic carbocycles. The van der Waals surface area contributed by atoms with Crippen LogP contribution in [0, 0.1) is 0 Å². The van der Waals surface area contributed by atoms with Gasteiger partial charge in [0.25, 0.3) is 0 Å². The largest absolute Gasteiger partial charge is 0.457 e. The zero-order valence-corrected chi connectivity index (χ0v) is 16.5. The SMILES string of the molecule is O=C1C[C@H](S)[C@@H](Cc2ccccc2)N1Cc1ccc(Oc2ccccc2)cc1. The van der Waals surface area contributed by atoms with E-state index >= 15 is 0 Å². The van der Waals surface area contributed by atoms with Gasteiger partial charge in [-0.3, -0.25) is 4.79 Å². The first-order valence-corrected chi connectivity index (χ1v) is 10.0. The number of benzene rings is 3. The van der Waals surface area contributed by atoms with E-state index in [4.69, 9.17) is 17.4 Å². The molecule has 0 spiro atoms. The van der Waals surface area contributed by atoms with Crippen molar-refractivity contribution in [1.82, 2.24) is 4.90 Å². The Balaban J connectivity index is 1.45. The number of carbonyl (C=O) groups is 1. The summed E-state index contributed by atoms with van der Waals surface area (Å²) in [5.41, 5.74) is 2.33. The zero-order chi connectivity index (χ0) is 19.3. The highest BCUT2D eigenvalue weighted by Gasteiger charge is 2.37. The number of rotatable bonds is 6. The molecule has 1 aliphatic rings. The molecule has 0 N–H and O–H groups in total. The van der Waals surface area contributed by atoms with Crippen molar-refractivity contribution < 1.29 is 9.53 Å². The Morgan fingerprint density at radius 2 is 1.43 bits per heavy atom. The van der Waals surface area contributed by atoms with E-state index in [-0.39, 0.29) is 17.2 Å². The van der Waals surface area contributed by atoms with Gasteiger partial charge in [-0.1, -0.05) is 60.7 Å². The Labute approximate surface area is 171 Å². The minimum atomic E-state index is 0.0633. The summed E-state index contributed by atoms with van der Waals surface area (Å²) in [5, 5.41) is 0.0633. The molecular formula is C24H23NO2S. The lowest BCUT2D eigenvalue weighted by Crippen LogP contribution is -2.36. The van der Waals surface area contributed by atoms with Gasteiger partial charge in [-0.05, 0) is 41.8 Å². The van der Waals surface area contributed by atoms with E-state index in [0.717, 1.165) is 23.5 Å². The fraction of sp³-hybridized carbons (Fsp3) is 0.208. The van der Waals surface area contributed by atoms with Crippen LogP contribution in [-0.4, -0.2) is 22.1 Å². The minimum Gasteiger partial charge on any atom is -0.457 e. The fourth-order valence-electron chi connectivity index (χ4n) is 3.62. The van der Waals surface area contributed by atoms with Crippen LogP contribution in [0.2, 0.25) is 0 Å². The van der Waals surface area contributed by atoms with Crippen molar-refractivity contribution in [1.29, 1.82) is 0 Å². The molecular weight excluding hydrogens is 366 g/mol. The number of thiol groups is 1. The van der Waals surface area contributed by atoms with Crippen molar-refractivity contribution in [3.63, 3.8) is 0 Å². The van der Waals surface area contributed by atoms with Crippen molar-refractivity contribution in [2.24, 2.45) is 0 Å². The quantitative estimate of drug-likeness (QED) is 0.593. The van der Waals surface area contributed by atoms with Crippen molar-refractivity contribution in [3.05, 3.63) is 96.1 Å². The molecule has 4 heteroatoms. The first kappa shape index (κ1) is 18.6. The number of carbonyl (C=O) groups excluding carboxylic acids is 1. The van der Waals surface area contributed by atoms with Crippen LogP contribution in [0.15, 0.2) is 84.9 Å². The summed E-state index contributed by atoms with van der Waals surface area (Å²) >= 11 is 4.69. The highest BCUT2D eigenvalue weighted by Crippen LogP contribution is 2.29. The highest BCUT2D eigenvalue weighted by molar-refractivity contribution is 7.81. The number of amides is 1. The molecule has 0 aliphatic carbocycles. The van der Waals surface area contributed by atoms with E-state index in [0.29, 0.717) is 13.0 Å². The van der Waals surface area contributed by atoms with E-state index < -0.39 is 0 Å². The molecule has 4 rings (SSSR count). The van der Waals surface area contributed by atoms with Gasteiger partial charge in [0.05, 0.1) is 0 Å². The lowest BCUT2D eigenvalue weighted by atomic mass is 10.0. The monoisotopic (exact) mass is 389 g/mol. The van der Waals surface area contributed by atoms with Gasteiger partial charge in [0.15, 0.2) is 0 Å². The molecule has 0 bridgehead atoms. The third-order valence-corrected chi connectivity index (χ3v) is 5.62. The first-order valence-electron chi connectivity index (χ1n) is 9.52. The normalized spacial score (nSPS) is 19.0. The predicted octanol–water partition coefficient (Wildman–Crippen LogP) is 5.12. The van der Waals surface area contributed by atoms with Crippen LogP contribution in [0.3, 0.4) is 0 Å². The van der Waals surface area contributed by atoms with Crippen LogP contribution in [-0.2, 0) is 17.8 Å². The van der Waals surface area contributed by atoms with Crippen molar-refractivity contribution in [2.45, 2.75) is 30.7 Å². The van der Waals surface area contributed by atoms with E-state index in [9.17, 15) is 4.79 Å². The maximum atomic E-state index is 12.6. The molecule has 142 valence electrons. The molecule has 0 saturated carbocycles. The van der Waals surface area contributed by atoms with Gasteiger partial charge in [-0.25, -0.2) is 0 Å². The van der Waals surface area contributed by atoms with Crippen LogP contribution in [0.5, 0.6) is 11.5 Å². The molecule has 28 heavy (non-hydrogen) atoms. The standard InChI is InChI=1S/C24H23NO2S/c26-24-16-23(28)22(15-18-7-3-1-4-8-18)25(24)17-19-11-13-21(14-12-19)27-20-9-5-2-6-10-20/h1-14,22-23,28H,15-17H2/t22-,23+/m1/s1. The van der Waals surface area contributed by atoms with Crippen LogP contribution in [0.1, 0.15) is 17.5 Å². The van der Waals surface area contributed by atoms with E-state index in [1.807, 2.05) is 77.7 Å². The molecule has 1 fully saturated rings. The second kappa shape index (κ2) is 8.53. The van der Waals surface area contributed by atoms with Crippen LogP contribution < -0.4 is 4.74 Å². The summed E-state index contributed by atoms with van der Waals surface area (Å²) < 4.78 is 5.85. The summed E-state index contributed by atoms with van der Waals surface area (Å²) in [6.07, 6.45) is 1.33. The van der Waals surface area contributed by atoms with Crippen molar-refractivity contribution >= 4 is 18.5 Å². The van der Waals surface area contributed by atoms with Crippen molar-refractivity contribution in [3.8, 4) is 11.5 Å². The Hall–Kier alpha value is -2.72. The van der Waals surface area contributed by atoms with Crippen molar-refractivity contribution in [2.75, 3.05) is 0 Å². The topological polar surface area (TPSA) is 29.5 Å². The summed E-state index contributed by atoms with van der Waals surface area (Å²) in [5.74, 6) is 1.77. The average Bonchev–Trinajstić information content (AvgIpc) is 2.98. The molecule has 0 radical (unpaired) electrons. The van der Waals surface area contributed by atoms with E-state index in [1.54, 1.807) is 0 Å². The second-order valence-corrected chi connectivity index (χ2v) is 7.77. The smallest absolute Gasteiger partial charge is 0.224 e. The van der Waals surface area contributed by atoms with Gasteiger partial charge >= 0.3 is 0 Å². The Bertz CT molecular complexity index is 912. The maximum absolute atomic E-state index is 12.6. The number of hydrogen-bond acceptors (Lipinski definition) is 3. The molecule has 0 aromatic heterocycles. The first-order chi connectivity index (χ1) is 13.7. The van der Waals surface area contributed by atoms with Gasteiger partial charge in [-0.15, -0.1) is 0 Å². The van der Waals surface area contributed by atoms with Gasteiger partial charge < -0.3 is 9.64 Å². The minimum absolute atomic E-state index is 0.0633. The third-order valence-electron chi connectivity index (χ3n) is 5.09. The predicted molar refractivity (Wildman–Crippen MR) is 115 cm³/mol. The van der Waals surface area contributed by atoms with E-state index in [1.165, 1.54) is 5.56 Å². The van der Waals surface area contributed by atoms with Gasteiger partial charge in [0.2, 0.25) is 5.91 Å². The lowest BCUT2D eigenvalue weighted by Gasteiger charge is -2.27. The summed E-state index contributed by atoms with van der Waals surface area (Å²) in [7, 11) is 0. The average molecular weight is 390 g/mol. The van der Waals surface area contributed by atoms with Crippen LogP contribution in [0.4, 0.5) is 0 Å². The Morgan fingerprint density at radius 3 is 2.11 bits per heavy atom. The third kappa shape index (κ3) is 4.39. The molecule has 2 atom stereocenters. The molecule has 1 amide bonds. The number of likely N-dealkylation sites (tertiary alicyclic amines) is 1. The number of nitrogens with zero attached hydrogens (tertiary/aromatic N) is 1. The highest BCUT2D eigenvalue weighted by atomic mass is 32.1. The molecule has 1 aliphatic heterocycles. The molecule has 0 unspecified atom stereocenters. The summed E-state index contributed by atoms with van der Waals surface area (Å²) in [6, 6.07) is 28.1. The Morgan fingerprint density at radius 1 is 0.821 bits per heavy atom. The second-order valence-electron chi connectivity index (χ2n) is 7.11. The van der Waals surface area contributed by atoms with Gasteiger partial charge in [-0.2, -0.15) is 12.6 Å². The maximum Gasteiger partial charge on any atom is 0.224 e. The number of ether oxygens (including phenoxy) is 1. The fourth-order valence-corrected chi connectivity index (χ4v) is 4.04. The number of hydrogen-bond donors (Lipinski definition) is 1. The lowest BCUT2D eigenvalue weighted by molar-refractivity contribution is -0.129. The van der Waals surface area contributed by atoms with Gasteiger partial charge in [0, 0.05) is 24.3 Å². The summed E-state index contributed by atoms with van der Waals surface area (Å²) in [4.78, 5) is 14.5. The van der Waals surface area contributed by atoms with Crippen LogP contribution >= 0.6 is 12.6 Å². The van der Waals surface area contributed by atoms with Gasteiger partial charge in [0.1, 0.15) is 11.5 Å².